The maximum absolute atomic E-state index is 11.5. The molecule has 1 unspecified atom stereocenters. The number of hydrogen-bond acceptors (Lipinski definition) is 5. The molecular formula is C20H32ClN5O. The average molecular weight is 394 g/mol. The average Bonchev–Trinajstić information content (AvgIpc) is 2.70. The highest BCUT2D eigenvalue weighted by Gasteiger charge is 2.24. The van der Waals surface area contributed by atoms with Crippen molar-refractivity contribution in [3.05, 3.63) is 17.5 Å². The van der Waals surface area contributed by atoms with Crippen LogP contribution >= 0.6 is 11.6 Å². The van der Waals surface area contributed by atoms with E-state index < -0.39 is 0 Å². The number of aromatic nitrogens is 2. The Morgan fingerprint density at radius 1 is 1.19 bits per heavy atom. The predicted molar refractivity (Wildman–Crippen MR) is 109 cm³/mol. The molecule has 1 aromatic heterocycles. The van der Waals surface area contributed by atoms with Gasteiger partial charge >= 0.3 is 0 Å². The molecule has 0 radical (unpaired) electrons. The van der Waals surface area contributed by atoms with Crippen molar-refractivity contribution in [2.75, 3.05) is 44.7 Å². The van der Waals surface area contributed by atoms with Crippen molar-refractivity contribution in [3.8, 4) is 0 Å². The zero-order valence-corrected chi connectivity index (χ0v) is 17.2. The van der Waals surface area contributed by atoms with Crippen LogP contribution in [0.3, 0.4) is 0 Å². The zero-order chi connectivity index (χ0) is 19.1. The number of carbonyl (C=O) groups is 1. The first-order valence-electron chi connectivity index (χ1n) is 10.3. The zero-order valence-electron chi connectivity index (χ0n) is 16.4. The van der Waals surface area contributed by atoms with Crippen molar-refractivity contribution in [2.24, 2.45) is 5.92 Å². The molecule has 27 heavy (non-hydrogen) atoms. The molecule has 0 aromatic carbocycles. The van der Waals surface area contributed by atoms with E-state index in [1.54, 1.807) is 12.4 Å². The van der Waals surface area contributed by atoms with Crippen molar-refractivity contribution < 1.29 is 4.79 Å². The van der Waals surface area contributed by atoms with E-state index in [1.165, 1.54) is 25.7 Å². The quantitative estimate of drug-likeness (QED) is 0.501. The van der Waals surface area contributed by atoms with E-state index >= 15 is 0 Å². The van der Waals surface area contributed by atoms with Crippen LogP contribution in [0.2, 0.25) is 5.15 Å². The first-order valence-corrected chi connectivity index (χ1v) is 10.7. The molecule has 1 aromatic rings. The minimum absolute atomic E-state index is 0.433. The number of unbranched alkanes of at least 4 members (excludes halogenated alkanes) is 1. The summed E-state index contributed by atoms with van der Waals surface area (Å²) in [5.74, 6) is 1.49. The number of hydrogen-bond donors (Lipinski definition) is 0. The largest absolute Gasteiger partial charge is 0.354 e. The van der Waals surface area contributed by atoms with Crippen LogP contribution in [-0.4, -0.2) is 72.0 Å². The van der Waals surface area contributed by atoms with Crippen LogP contribution < -0.4 is 4.90 Å². The van der Waals surface area contributed by atoms with Gasteiger partial charge in [-0.3, -0.25) is 4.79 Å². The van der Waals surface area contributed by atoms with Gasteiger partial charge in [0.1, 0.15) is 0 Å². The summed E-state index contributed by atoms with van der Waals surface area (Å²) < 4.78 is 0. The monoisotopic (exact) mass is 393 g/mol. The first-order chi connectivity index (χ1) is 13.2. The number of amides is 1. The molecule has 3 heterocycles. The second-order valence-corrected chi connectivity index (χ2v) is 8.36. The lowest BCUT2D eigenvalue weighted by molar-refractivity contribution is -0.121. The van der Waals surface area contributed by atoms with E-state index in [1.807, 2.05) is 4.90 Å². The van der Waals surface area contributed by atoms with Crippen molar-refractivity contribution in [3.63, 3.8) is 0 Å². The summed E-state index contributed by atoms with van der Waals surface area (Å²) in [5, 5.41) is 0.498. The third kappa shape index (κ3) is 5.79. The van der Waals surface area contributed by atoms with Crippen LogP contribution in [0.15, 0.2) is 12.4 Å². The Kier molecular flexibility index (Phi) is 7.70. The van der Waals surface area contributed by atoms with Gasteiger partial charge in [-0.05, 0) is 64.6 Å². The van der Waals surface area contributed by atoms with Gasteiger partial charge in [0.05, 0.1) is 0 Å². The van der Waals surface area contributed by atoms with Crippen molar-refractivity contribution in [1.82, 2.24) is 19.8 Å². The second-order valence-electron chi connectivity index (χ2n) is 8.00. The van der Waals surface area contributed by atoms with Crippen LogP contribution in [-0.2, 0) is 4.79 Å². The molecule has 0 saturated carbocycles. The van der Waals surface area contributed by atoms with Gasteiger partial charge in [0.15, 0.2) is 11.0 Å². The molecule has 2 aliphatic heterocycles. The van der Waals surface area contributed by atoms with Crippen LogP contribution in [0.25, 0.3) is 0 Å². The molecule has 2 saturated heterocycles. The third-order valence-corrected chi connectivity index (χ3v) is 6.29. The Bertz CT molecular complexity index is 593. The Hall–Kier alpha value is -1.40. The van der Waals surface area contributed by atoms with E-state index in [-0.39, 0.29) is 0 Å². The lowest BCUT2D eigenvalue weighted by Crippen LogP contribution is -2.43. The van der Waals surface area contributed by atoms with Crippen molar-refractivity contribution in [2.45, 2.75) is 51.0 Å². The number of piperidine rings is 2. The van der Waals surface area contributed by atoms with Gasteiger partial charge in [0.2, 0.25) is 6.41 Å². The van der Waals surface area contributed by atoms with Crippen LogP contribution in [0.1, 0.15) is 44.9 Å². The van der Waals surface area contributed by atoms with E-state index in [0.717, 1.165) is 64.2 Å². The highest BCUT2D eigenvalue weighted by atomic mass is 35.5. The molecule has 7 heteroatoms. The molecule has 3 rings (SSSR count). The summed E-state index contributed by atoms with van der Waals surface area (Å²) in [6.45, 7) is 5.09. The first kappa shape index (κ1) is 20.3. The minimum Gasteiger partial charge on any atom is -0.354 e. The molecule has 2 fully saturated rings. The van der Waals surface area contributed by atoms with Gasteiger partial charge in [-0.2, -0.15) is 0 Å². The molecule has 150 valence electrons. The van der Waals surface area contributed by atoms with Gasteiger partial charge in [-0.1, -0.05) is 18.0 Å². The van der Waals surface area contributed by atoms with E-state index in [4.69, 9.17) is 11.6 Å². The number of halogens is 1. The predicted octanol–water partition coefficient (Wildman–Crippen LogP) is 3.07. The van der Waals surface area contributed by atoms with Gasteiger partial charge in [0, 0.05) is 38.1 Å². The summed E-state index contributed by atoms with van der Waals surface area (Å²) >= 11 is 6.21. The lowest BCUT2D eigenvalue weighted by Gasteiger charge is -2.35. The van der Waals surface area contributed by atoms with Crippen molar-refractivity contribution in [1.29, 1.82) is 0 Å². The van der Waals surface area contributed by atoms with E-state index in [2.05, 4.69) is 26.8 Å². The van der Waals surface area contributed by atoms with Crippen LogP contribution in [0.4, 0.5) is 5.82 Å². The number of carbonyl (C=O) groups excluding carboxylic acids is 1. The number of anilines is 1. The Balaban J connectivity index is 1.39. The van der Waals surface area contributed by atoms with Gasteiger partial charge in [-0.15, -0.1) is 0 Å². The second kappa shape index (κ2) is 10.2. The maximum Gasteiger partial charge on any atom is 0.209 e. The number of rotatable bonds is 8. The molecule has 1 amide bonds. The summed E-state index contributed by atoms with van der Waals surface area (Å²) in [4.78, 5) is 26.7. The Labute approximate surface area is 167 Å². The van der Waals surface area contributed by atoms with E-state index in [0.29, 0.717) is 17.1 Å². The SMILES string of the molecule is CN1CCC(N(C=O)CCCCC2CCCN(c3nccnc3Cl)C2)CC1. The number of likely N-dealkylation sites (tertiary alicyclic amines) is 1. The molecular weight excluding hydrogens is 362 g/mol. The van der Waals surface area contributed by atoms with Gasteiger partial charge in [0.25, 0.3) is 0 Å². The lowest BCUT2D eigenvalue weighted by atomic mass is 9.92. The smallest absolute Gasteiger partial charge is 0.209 e. The molecule has 1 atom stereocenters. The normalized spacial score (nSPS) is 22.0. The van der Waals surface area contributed by atoms with Crippen LogP contribution in [0, 0.1) is 5.92 Å². The molecule has 0 spiro atoms. The maximum atomic E-state index is 11.5. The summed E-state index contributed by atoms with van der Waals surface area (Å²) in [6, 6.07) is 0.433. The fourth-order valence-electron chi connectivity index (χ4n) is 4.39. The van der Waals surface area contributed by atoms with E-state index in [9.17, 15) is 4.79 Å². The Morgan fingerprint density at radius 2 is 1.96 bits per heavy atom. The molecule has 6 nitrogen and oxygen atoms in total. The van der Waals surface area contributed by atoms with Crippen molar-refractivity contribution >= 4 is 23.8 Å². The topological polar surface area (TPSA) is 52.6 Å². The fourth-order valence-corrected chi connectivity index (χ4v) is 4.62. The number of nitrogens with zero attached hydrogens (tertiary/aromatic N) is 5. The summed E-state index contributed by atoms with van der Waals surface area (Å²) in [5.41, 5.74) is 0. The van der Waals surface area contributed by atoms with Crippen LogP contribution in [0.5, 0.6) is 0 Å². The Morgan fingerprint density at radius 3 is 2.70 bits per heavy atom. The van der Waals surface area contributed by atoms with Gasteiger partial charge in [-0.25, -0.2) is 9.97 Å². The summed E-state index contributed by atoms with van der Waals surface area (Å²) in [7, 11) is 2.16. The highest BCUT2D eigenvalue weighted by Crippen LogP contribution is 2.28. The highest BCUT2D eigenvalue weighted by molar-refractivity contribution is 6.31. The molecule has 2 aliphatic rings. The molecule has 0 aliphatic carbocycles. The van der Waals surface area contributed by atoms with Gasteiger partial charge < -0.3 is 14.7 Å². The molecule has 0 bridgehead atoms. The minimum atomic E-state index is 0.433. The fraction of sp³-hybridized carbons (Fsp3) is 0.750. The standard InChI is InChI=1S/C20H32ClN5O/c1-24-13-7-18(8-14-24)26(16-27)11-3-2-5-17-6-4-12-25(15-17)20-19(21)22-9-10-23-20/h9-10,16-18H,2-8,11-15H2,1H3. The summed E-state index contributed by atoms with van der Waals surface area (Å²) in [6.07, 6.45) is 12.5. The molecule has 0 N–H and O–H groups in total. The third-order valence-electron chi connectivity index (χ3n) is 6.03.